The Kier molecular flexibility index (Phi) is 6.34. The van der Waals surface area contributed by atoms with Crippen LogP contribution < -0.4 is 9.47 Å². The van der Waals surface area contributed by atoms with Crippen molar-refractivity contribution in [1.29, 1.82) is 0 Å². The highest BCUT2D eigenvalue weighted by atomic mass is 16.5. The lowest BCUT2D eigenvalue weighted by molar-refractivity contribution is -0.142. The molecule has 0 saturated heterocycles. The Balaban J connectivity index is 1.60. The molecule has 1 aromatic carbocycles. The fraction of sp³-hybridized carbons (Fsp3) is 0.364. The van der Waals surface area contributed by atoms with Crippen molar-refractivity contribution in [2.45, 2.75) is 33.6 Å². The number of aryl methyl sites for hydroxylation is 3. The molecule has 0 unspecified atom stereocenters. The van der Waals surface area contributed by atoms with Gasteiger partial charge in [-0.25, -0.2) is 9.50 Å². The molecule has 0 bridgehead atoms. The van der Waals surface area contributed by atoms with Crippen LogP contribution in [0.3, 0.4) is 0 Å². The van der Waals surface area contributed by atoms with Crippen LogP contribution in [0.25, 0.3) is 5.65 Å². The van der Waals surface area contributed by atoms with Gasteiger partial charge in [0.25, 0.3) is 0 Å². The van der Waals surface area contributed by atoms with Crippen LogP contribution >= 0.6 is 0 Å². The zero-order valence-electron chi connectivity index (χ0n) is 17.8. The Labute approximate surface area is 174 Å². The van der Waals surface area contributed by atoms with E-state index in [1.807, 2.05) is 26.8 Å². The number of nitrogens with zero attached hydrogens (tertiary/aromatic N) is 3. The third-order valence-electron chi connectivity index (χ3n) is 4.94. The third kappa shape index (κ3) is 4.42. The highest BCUT2D eigenvalue weighted by Crippen LogP contribution is 2.27. The zero-order valence-corrected chi connectivity index (χ0v) is 17.8. The Morgan fingerprint density at radius 2 is 1.77 bits per heavy atom. The molecule has 0 aliphatic rings. The van der Waals surface area contributed by atoms with Crippen molar-refractivity contribution in [2.75, 3.05) is 20.8 Å². The molecule has 0 atom stereocenters. The Bertz CT molecular complexity index is 1100. The van der Waals surface area contributed by atoms with Gasteiger partial charge in [-0.3, -0.25) is 9.59 Å². The maximum absolute atomic E-state index is 12.4. The van der Waals surface area contributed by atoms with E-state index in [1.54, 1.807) is 22.7 Å². The molecule has 0 radical (unpaired) electrons. The number of esters is 1. The average Bonchev–Trinajstić information content (AvgIpc) is 3.11. The van der Waals surface area contributed by atoms with Crippen LogP contribution in [0.4, 0.5) is 0 Å². The van der Waals surface area contributed by atoms with Gasteiger partial charge in [-0.1, -0.05) is 0 Å². The van der Waals surface area contributed by atoms with Gasteiger partial charge in [0, 0.05) is 29.4 Å². The van der Waals surface area contributed by atoms with E-state index in [9.17, 15) is 9.59 Å². The molecule has 3 rings (SSSR count). The normalized spacial score (nSPS) is 10.8. The Hall–Kier alpha value is -3.42. The molecule has 30 heavy (non-hydrogen) atoms. The topological polar surface area (TPSA) is 92.0 Å². The van der Waals surface area contributed by atoms with E-state index in [4.69, 9.17) is 14.2 Å². The molecule has 8 heteroatoms. The molecular formula is C22H25N3O5. The molecule has 158 valence electrons. The number of carbonyl (C=O) groups is 2. The number of ketones is 1. The summed E-state index contributed by atoms with van der Waals surface area (Å²) in [5, 5.41) is 4.44. The number of fused-ring (bicyclic) bond motifs is 1. The Morgan fingerprint density at radius 1 is 1.03 bits per heavy atom. The first-order valence-corrected chi connectivity index (χ1v) is 9.57. The van der Waals surface area contributed by atoms with Crippen molar-refractivity contribution in [2.24, 2.45) is 0 Å². The molecule has 0 N–H and O–H groups in total. The molecule has 0 aliphatic heterocycles. The van der Waals surface area contributed by atoms with Crippen molar-refractivity contribution < 1.29 is 23.8 Å². The number of methoxy groups -OCH3 is 2. The maximum atomic E-state index is 12.4. The molecule has 3 aromatic rings. The van der Waals surface area contributed by atoms with E-state index >= 15 is 0 Å². The van der Waals surface area contributed by atoms with Gasteiger partial charge in [-0.05, 0) is 51.0 Å². The maximum Gasteiger partial charge on any atom is 0.306 e. The van der Waals surface area contributed by atoms with Crippen LogP contribution in [0.2, 0.25) is 0 Å². The summed E-state index contributed by atoms with van der Waals surface area (Å²) in [6, 6.07) is 6.73. The number of carbonyl (C=O) groups excluding carboxylic acids is 2. The van der Waals surface area contributed by atoms with Gasteiger partial charge in [0.15, 0.2) is 29.5 Å². The minimum Gasteiger partial charge on any atom is -0.493 e. The van der Waals surface area contributed by atoms with E-state index < -0.39 is 5.97 Å². The van der Waals surface area contributed by atoms with Gasteiger partial charge < -0.3 is 14.2 Å². The second-order valence-corrected chi connectivity index (χ2v) is 6.97. The summed E-state index contributed by atoms with van der Waals surface area (Å²) in [5.74, 6) is 0.207. The fourth-order valence-electron chi connectivity index (χ4n) is 3.34. The van der Waals surface area contributed by atoms with Crippen molar-refractivity contribution in [1.82, 2.24) is 14.6 Å². The van der Waals surface area contributed by atoms with Crippen LogP contribution in [0.1, 0.15) is 39.4 Å². The van der Waals surface area contributed by atoms with Crippen LogP contribution in [0.5, 0.6) is 11.5 Å². The predicted molar refractivity (Wildman–Crippen MR) is 110 cm³/mol. The number of aromatic nitrogens is 3. The van der Waals surface area contributed by atoms with Crippen molar-refractivity contribution in [3.05, 3.63) is 52.5 Å². The van der Waals surface area contributed by atoms with Gasteiger partial charge in [-0.2, -0.15) is 5.10 Å². The summed E-state index contributed by atoms with van der Waals surface area (Å²) in [4.78, 5) is 29.1. The van der Waals surface area contributed by atoms with E-state index in [0.717, 1.165) is 28.3 Å². The summed E-state index contributed by atoms with van der Waals surface area (Å²) in [6.45, 7) is 5.45. The molecule has 0 spiro atoms. The number of hydrogen-bond donors (Lipinski definition) is 0. The van der Waals surface area contributed by atoms with E-state index in [-0.39, 0.29) is 18.8 Å². The molecule has 2 aromatic heterocycles. The van der Waals surface area contributed by atoms with Crippen molar-refractivity contribution >= 4 is 17.4 Å². The highest BCUT2D eigenvalue weighted by molar-refractivity contribution is 5.98. The van der Waals surface area contributed by atoms with Crippen LogP contribution in [0, 0.1) is 20.8 Å². The van der Waals surface area contributed by atoms with Gasteiger partial charge >= 0.3 is 5.97 Å². The smallest absolute Gasteiger partial charge is 0.306 e. The molecule has 0 aliphatic carbocycles. The summed E-state index contributed by atoms with van der Waals surface area (Å²) < 4.78 is 17.3. The van der Waals surface area contributed by atoms with Crippen LogP contribution in [-0.4, -0.2) is 47.2 Å². The van der Waals surface area contributed by atoms with Gasteiger partial charge in [0.05, 0.1) is 19.9 Å². The standard InChI is InChI=1S/C22H25N3O5/c1-13-10-21-23-14(2)17(15(3)25(21)24-13)7-9-22(27)30-12-18(26)16-6-8-19(28-4)20(11-16)29-5/h6,8,10-11H,7,9,12H2,1-5H3. The van der Waals surface area contributed by atoms with Gasteiger partial charge in [0.1, 0.15) is 0 Å². The lowest BCUT2D eigenvalue weighted by Crippen LogP contribution is -2.15. The number of rotatable bonds is 8. The van der Waals surface area contributed by atoms with Crippen LogP contribution in [0.15, 0.2) is 24.3 Å². The van der Waals surface area contributed by atoms with E-state index in [1.165, 1.54) is 14.2 Å². The van der Waals surface area contributed by atoms with E-state index in [0.29, 0.717) is 23.5 Å². The molecule has 0 amide bonds. The van der Waals surface area contributed by atoms with E-state index in [2.05, 4.69) is 10.1 Å². The first kappa shape index (κ1) is 21.3. The summed E-state index contributed by atoms with van der Waals surface area (Å²) in [5.41, 5.74) is 4.81. The number of Topliss-reactive ketones (excluding diaryl/α,β-unsaturated/α-hetero) is 1. The number of ether oxygens (including phenoxy) is 3. The predicted octanol–water partition coefficient (Wildman–Crippen LogP) is 3.03. The first-order valence-electron chi connectivity index (χ1n) is 9.57. The monoisotopic (exact) mass is 411 g/mol. The zero-order chi connectivity index (χ0) is 21.8. The number of hydrogen-bond acceptors (Lipinski definition) is 7. The van der Waals surface area contributed by atoms with Gasteiger partial charge in [0.2, 0.25) is 0 Å². The fourth-order valence-corrected chi connectivity index (χ4v) is 3.34. The highest BCUT2D eigenvalue weighted by Gasteiger charge is 2.16. The second kappa shape index (κ2) is 8.94. The van der Waals surface area contributed by atoms with Crippen LogP contribution in [-0.2, 0) is 16.0 Å². The van der Waals surface area contributed by atoms with Crippen molar-refractivity contribution in [3.8, 4) is 11.5 Å². The summed E-state index contributed by atoms with van der Waals surface area (Å²) in [7, 11) is 3.01. The third-order valence-corrected chi connectivity index (χ3v) is 4.94. The molecule has 0 saturated carbocycles. The largest absolute Gasteiger partial charge is 0.493 e. The Morgan fingerprint density at radius 3 is 2.47 bits per heavy atom. The minimum absolute atomic E-state index is 0.147. The lowest BCUT2D eigenvalue weighted by Gasteiger charge is -2.11. The quantitative estimate of drug-likeness (QED) is 0.415. The van der Waals surface area contributed by atoms with Gasteiger partial charge in [-0.15, -0.1) is 0 Å². The molecule has 8 nitrogen and oxygen atoms in total. The SMILES string of the molecule is COc1ccc(C(=O)COC(=O)CCc2c(C)nc3cc(C)nn3c2C)cc1OC. The molecule has 0 fully saturated rings. The number of benzene rings is 1. The summed E-state index contributed by atoms with van der Waals surface area (Å²) in [6.07, 6.45) is 0.608. The molecule has 2 heterocycles. The summed E-state index contributed by atoms with van der Waals surface area (Å²) >= 11 is 0. The molecular weight excluding hydrogens is 386 g/mol. The second-order valence-electron chi connectivity index (χ2n) is 6.97. The first-order chi connectivity index (χ1) is 14.3. The minimum atomic E-state index is -0.445. The average molecular weight is 411 g/mol. The lowest BCUT2D eigenvalue weighted by atomic mass is 10.1. The van der Waals surface area contributed by atoms with Crippen molar-refractivity contribution in [3.63, 3.8) is 0 Å².